The molecule has 0 fully saturated rings. The zero-order valence-electron chi connectivity index (χ0n) is 15.9. The Labute approximate surface area is 186 Å². The van der Waals surface area contributed by atoms with Gasteiger partial charge in [0.2, 0.25) is 10.0 Å². The van der Waals surface area contributed by atoms with E-state index in [0.29, 0.717) is 0 Å². The maximum atomic E-state index is 12.3. The number of nitrogens with zero attached hydrogens (tertiary/aromatic N) is 1. The Bertz CT molecular complexity index is 1370. The molecule has 3 aromatic rings. The van der Waals surface area contributed by atoms with Gasteiger partial charge in [-0.1, -0.05) is 6.07 Å². The molecule has 1 heterocycles. The van der Waals surface area contributed by atoms with Gasteiger partial charge in [-0.2, -0.15) is 0 Å². The molecule has 168 valence electrons. The van der Waals surface area contributed by atoms with Gasteiger partial charge in [-0.3, -0.25) is 30.5 Å². The van der Waals surface area contributed by atoms with E-state index in [2.05, 4.69) is 15.6 Å². The monoisotopic (exact) mass is 497 g/mol. The van der Waals surface area contributed by atoms with Gasteiger partial charge >= 0.3 is 0 Å². The zero-order chi connectivity index (χ0) is 23.5. The van der Waals surface area contributed by atoms with E-state index in [0.717, 1.165) is 29.5 Å². The minimum Gasteiger partial charge on any atom is -0.292 e. The number of thiophene rings is 1. The van der Waals surface area contributed by atoms with Crippen molar-refractivity contribution in [2.75, 3.05) is 10.1 Å². The van der Waals surface area contributed by atoms with Gasteiger partial charge in [0.05, 0.1) is 9.82 Å². The summed E-state index contributed by atoms with van der Waals surface area (Å²) in [6.07, 6.45) is 0. The van der Waals surface area contributed by atoms with Crippen LogP contribution in [0.25, 0.3) is 0 Å². The Morgan fingerprint density at radius 2 is 1.72 bits per heavy atom. The van der Waals surface area contributed by atoms with Gasteiger partial charge in [0, 0.05) is 17.3 Å². The molecule has 0 atom stereocenters. The molecule has 15 heteroatoms. The molecule has 1 amide bonds. The van der Waals surface area contributed by atoms with Crippen molar-refractivity contribution >= 4 is 54.4 Å². The third-order valence-electron chi connectivity index (χ3n) is 3.96. The highest BCUT2D eigenvalue weighted by Gasteiger charge is 2.20. The van der Waals surface area contributed by atoms with Crippen LogP contribution in [0.1, 0.15) is 10.4 Å². The van der Waals surface area contributed by atoms with Crippen molar-refractivity contribution in [2.24, 2.45) is 5.14 Å². The fraction of sp³-hybridized carbons (Fsp3) is 0. The molecule has 0 unspecified atom stereocenters. The maximum Gasteiger partial charge on any atom is 0.295 e. The molecule has 0 aliphatic carbocycles. The van der Waals surface area contributed by atoms with Crippen molar-refractivity contribution in [3.8, 4) is 0 Å². The Morgan fingerprint density at radius 1 is 1.03 bits per heavy atom. The number of nitro groups is 1. The molecule has 0 aliphatic heterocycles. The van der Waals surface area contributed by atoms with Crippen LogP contribution in [0, 0.1) is 10.1 Å². The van der Waals surface area contributed by atoms with E-state index in [4.69, 9.17) is 5.14 Å². The predicted molar refractivity (Wildman–Crippen MR) is 117 cm³/mol. The second kappa shape index (κ2) is 8.91. The van der Waals surface area contributed by atoms with Crippen LogP contribution in [0.15, 0.2) is 69.1 Å². The molecule has 0 saturated carbocycles. The van der Waals surface area contributed by atoms with Gasteiger partial charge < -0.3 is 0 Å². The summed E-state index contributed by atoms with van der Waals surface area (Å²) >= 11 is 1.06. The van der Waals surface area contributed by atoms with Gasteiger partial charge in [0.15, 0.2) is 0 Å². The lowest BCUT2D eigenvalue weighted by Crippen LogP contribution is -2.29. The molecular formula is C17H15N5O7S3. The number of benzene rings is 2. The predicted octanol–water partition coefficient (Wildman–Crippen LogP) is 1.86. The van der Waals surface area contributed by atoms with Crippen LogP contribution in [0.5, 0.6) is 0 Å². The summed E-state index contributed by atoms with van der Waals surface area (Å²) in [5.74, 6) is -0.678. The maximum absolute atomic E-state index is 12.3. The highest BCUT2D eigenvalue weighted by atomic mass is 32.2. The number of hydrazine groups is 1. The van der Waals surface area contributed by atoms with E-state index in [1.807, 2.05) is 0 Å². The normalized spacial score (nSPS) is 11.5. The quantitative estimate of drug-likeness (QED) is 0.268. The summed E-state index contributed by atoms with van der Waals surface area (Å²) in [4.78, 5) is 22.2. The molecule has 5 N–H and O–H groups in total. The second-order valence-electron chi connectivity index (χ2n) is 6.18. The van der Waals surface area contributed by atoms with Crippen LogP contribution in [0.4, 0.5) is 17.1 Å². The Hall–Kier alpha value is -3.53. The van der Waals surface area contributed by atoms with E-state index in [-0.39, 0.29) is 21.1 Å². The van der Waals surface area contributed by atoms with E-state index in [1.165, 1.54) is 30.3 Å². The van der Waals surface area contributed by atoms with Crippen molar-refractivity contribution in [1.29, 1.82) is 0 Å². The molecule has 12 nitrogen and oxygen atoms in total. The van der Waals surface area contributed by atoms with Gasteiger partial charge in [0.1, 0.15) is 9.90 Å². The summed E-state index contributed by atoms with van der Waals surface area (Å²) < 4.78 is 49.7. The minimum absolute atomic E-state index is 0.125. The number of nitrogens with one attached hydrogen (secondary N) is 3. The van der Waals surface area contributed by atoms with Crippen LogP contribution < -0.4 is 20.7 Å². The third kappa shape index (κ3) is 5.38. The number of nitro benzene ring substituents is 1. The van der Waals surface area contributed by atoms with Gasteiger partial charge in [0.25, 0.3) is 21.6 Å². The highest BCUT2D eigenvalue weighted by Crippen LogP contribution is 2.26. The van der Waals surface area contributed by atoms with Gasteiger partial charge in [-0.05, 0) is 47.8 Å². The van der Waals surface area contributed by atoms with Crippen molar-refractivity contribution in [3.63, 3.8) is 0 Å². The standard InChI is InChI=1S/C17H15N5O7S3/c18-31(26,27)13-7-8-14(15(10-13)22(24)25)19-20-17(23)11-3-5-12(6-4-11)21-32(28,29)16-2-1-9-30-16/h1-10,19,21H,(H,20,23)(H2,18,26,27). The fourth-order valence-corrected chi connectivity index (χ4v) is 5.04. The van der Waals surface area contributed by atoms with Crippen LogP contribution in [0.2, 0.25) is 0 Å². The number of amides is 1. The van der Waals surface area contributed by atoms with Gasteiger partial charge in [-0.15, -0.1) is 11.3 Å². The summed E-state index contributed by atoms with van der Waals surface area (Å²) in [7, 11) is -7.89. The first-order valence-corrected chi connectivity index (χ1v) is 12.4. The van der Waals surface area contributed by atoms with Crippen LogP contribution in [0.3, 0.4) is 0 Å². The average Bonchev–Trinajstić information content (AvgIpc) is 3.27. The van der Waals surface area contributed by atoms with Crippen molar-refractivity contribution in [2.45, 2.75) is 9.10 Å². The number of hydrogen-bond donors (Lipinski definition) is 4. The molecule has 0 radical (unpaired) electrons. The fourth-order valence-electron chi connectivity index (χ4n) is 2.45. The Morgan fingerprint density at radius 3 is 2.28 bits per heavy atom. The van der Waals surface area contributed by atoms with E-state index >= 15 is 0 Å². The molecule has 0 bridgehead atoms. The number of carbonyl (C=O) groups is 1. The van der Waals surface area contributed by atoms with E-state index in [1.54, 1.807) is 11.4 Å². The average molecular weight is 498 g/mol. The largest absolute Gasteiger partial charge is 0.295 e. The zero-order valence-corrected chi connectivity index (χ0v) is 18.3. The second-order valence-corrected chi connectivity index (χ2v) is 10.6. The smallest absolute Gasteiger partial charge is 0.292 e. The molecular weight excluding hydrogens is 482 g/mol. The topological polar surface area (TPSA) is 191 Å². The number of hydrogen-bond acceptors (Lipinski definition) is 9. The molecule has 1 aromatic heterocycles. The summed E-state index contributed by atoms with van der Waals surface area (Å²) in [5, 5.41) is 17.8. The van der Waals surface area contributed by atoms with Crippen molar-refractivity contribution in [3.05, 3.63) is 75.7 Å². The van der Waals surface area contributed by atoms with Crippen LogP contribution in [-0.4, -0.2) is 27.7 Å². The number of nitrogens with two attached hydrogens (primary N) is 1. The molecule has 0 saturated heterocycles. The summed E-state index contributed by atoms with van der Waals surface area (Å²) in [6, 6.07) is 11.4. The molecule has 2 aromatic carbocycles. The highest BCUT2D eigenvalue weighted by molar-refractivity contribution is 7.94. The molecule has 0 aliphatic rings. The third-order valence-corrected chi connectivity index (χ3v) is 7.65. The first-order chi connectivity index (χ1) is 15.0. The van der Waals surface area contributed by atoms with Crippen molar-refractivity contribution < 1.29 is 26.6 Å². The van der Waals surface area contributed by atoms with E-state index in [9.17, 15) is 31.7 Å². The first-order valence-electron chi connectivity index (χ1n) is 8.51. The molecule has 32 heavy (non-hydrogen) atoms. The van der Waals surface area contributed by atoms with E-state index < -0.39 is 41.5 Å². The molecule has 0 spiro atoms. The van der Waals surface area contributed by atoms with Crippen LogP contribution >= 0.6 is 11.3 Å². The summed E-state index contributed by atoms with van der Waals surface area (Å²) in [5.41, 5.74) is 4.18. The molecule has 3 rings (SSSR count). The number of primary sulfonamides is 1. The minimum atomic E-state index is -4.15. The lowest BCUT2D eigenvalue weighted by atomic mass is 10.2. The Kier molecular flexibility index (Phi) is 6.45. The number of sulfonamides is 2. The number of anilines is 2. The van der Waals surface area contributed by atoms with Crippen LogP contribution in [-0.2, 0) is 20.0 Å². The lowest BCUT2D eigenvalue weighted by molar-refractivity contribution is -0.384. The summed E-state index contributed by atoms with van der Waals surface area (Å²) in [6.45, 7) is 0. The lowest BCUT2D eigenvalue weighted by Gasteiger charge is -2.11. The van der Waals surface area contributed by atoms with Crippen molar-refractivity contribution in [1.82, 2.24) is 5.43 Å². The van der Waals surface area contributed by atoms with Gasteiger partial charge in [-0.25, -0.2) is 22.0 Å². The first kappa shape index (κ1) is 23.1. The number of carbonyl (C=O) groups excluding carboxylic acids is 1. The number of rotatable bonds is 8. The Balaban J connectivity index is 1.70. The SMILES string of the molecule is NS(=O)(=O)c1ccc(NNC(=O)c2ccc(NS(=O)(=O)c3cccs3)cc2)c([N+](=O)[O-])c1.